The maximum atomic E-state index is 13.0. The second kappa shape index (κ2) is 8.48. The molecule has 1 aliphatic rings. The quantitative estimate of drug-likeness (QED) is 0.498. The molecule has 1 aromatic carbocycles. The van der Waals surface area contributed by atoms with E-state index in [1.54, 1.807) is 35.1 Å². The fraction of sp³-hybridized carbons (Fsp3) is 0.364. The smallest absolute Gasteiger partial charge is 0.339 e. The van der Waals surface area contributed by atoms with Gasteiger partial charge in [-0.2, -0.15) is 5.10 Å². The van der Waals surface area contributed by atoms with Crippen molar-refractivity contribution in [2.24, 2.45) is 0 Å². The first-order valence-electron chi connectivity index (χ1n) is 10.1. The summed E-state index contributed by atoms with van der Waals surface area (Å²) in [4.78, 5) is 30.3. The number of nitrogens with one attached hydrogen (secondary N) is 1. The molecule has 1 amide bonds. The number of nitrogens with zero attached hydrogens (tertiary/aromatic N) is 3. The molecule has 9 heteroatoms. The Morgan fingerprint density at radius 3 is 2.65 bits per heavy atom. The van der Waals surface area contributed by atoms with Gasteiger partial charge in [0.2, 0.25) is 0 Å². The number of pyridine rings is 1. The summed E-state index contributed by atoms with van der Waals surface area (Å²) in [5, 5.41) is 8.18. The van der Waals surface area contributed by atoms with E-state index in [1.807, 2.05) is 13.8 Å². The van der Waals surface area contributed by atoms with E-state index in [0.29, 0.717) is 33.2 Å². The zero-order chi connectivity index (χ0) is 22.3. The Kier molecular flexibility index (Phi) is 5.90. The van der Waals surface area contributed by atoms with Crippen molar-refractivity contribution in [3.05, 3.63) is 51.8 Å². The van der Waals surface area contributed by atoms with Crippen LogP contribution in [-0.2, 0) is 9.53 Å². The molecule has 1 atom stereocenters. The molecule has 4 rings (SSSR count). The predicted octanol–water partition coefficient (Wildman–Crippen LogP) is 5.38. The van der Waals surface area contributed by atoms with Gasteiger partial charge in [-0.25, -0.2) is 14.5 Å². The van der Waals surface area contributed by atoms with Crippen LogP contribution in [-0.4, -0.2) is 32.7 Å². The van der Waals surface area contributed by atoms with Crippen LogP contribution in [0.4, 0.5) is 5.69 Å². The van der Waals surface area contributed by atoms with E-state index >= 15 is 0 Å². The standard InChI is InChI=1S/C22H22Cl2N4O3/c1-11(2)28-20-15(10-25-28)14(9-18(26-20)13-7-8-13)22(30)31-12(3)21(29)27-17-6-4-5-16(23)19(17)24/h4-6,9-13H,7-8H2,1-3H3,(H,27,29). The highest BCUT2D eigenvalue weighted by Gasteiger charge is 2.29. The zero-order valence-corrected chi connectivity index (χ0v) is 18.9. The number of ether oxygens (including phenoxy) is 1. The zero-order valence-electron chi connectivity index (χ0n) is 17.4. The van der Waals surface area contributed by atoms with Crippen LogP contribution in [0.5, 0.6) is 0 Å². The van der Waals surface area contributed by atoms with E-state index in [-0.39, 0.29) is 11.1 Å². The lowest BCUT2D eigenvalue weighted by molar-refractivity contribution is -0.123. The number of hydrogen-bond donors (Lipinski definition) is 1. The Balaban J connectivity index is 1.57. The number of amides is 1. The average molecular weight is 461 g/mol. The third-order valence-electron chi connectivity index (χ3n) is 5.15. The molecule has 1 aliphatic carbocycles. The predicted molar refractivity (Wildman–Crippen MR) is 120 cm³/mol. The number of hydrogen-bond acceptors (Lipinski definition) is 5. The Labute approximate surface area is 189 Å². The van der Waals surface area contributed by atoms with Gasteiger partial charge in [-0.1, -0.05) is 29.3 Å². The first-order chi connectivity index (χ1) is 14.8. The molecule has 3 aromatic rings. The van der Waals surface area contributed by atoms with Crippen LogP contribution in [0.2, 0.25) is 10.0 Å². The van der Waals surface area contributed by atoms with Gasteiger partial charge < -0.3 is 10.1 Å². The number of fused-ring (bicyclic) bond motifs is 1. The van der Waals surface area contributed by atoms with Crippen LogP contribution < -0.4 is 5.32 Å². The molecule has 0 aliphatic heterocycles. The minimum Gasteiger partial charge on any atom is -0.449 e. The molecule has 1 fully saturated rings. The van der Waals surface area contributed by atoms with Gasteiger partial charge in [0.1, 0.15) is 0 Å². The van der Waals surface area contributed by atoms with E-state index in [9.17, 15) is 9.59 Å². The highest BCUT2D eigenvalue weighted by Crippen LogP contribution is 2.40. The summed E-state index contributed by atoms with van der Waals surface area (Å²) in [6, 6.07) is 6.75. The highest BCUT2D eigenvalue weighted by molar-refractivity contribution is 6.44. The van der Waals surface area contributed by atoms with Gasteiger partial charge in [0.25, 0.3) is 5.91 Å². The topological polar surface area (TPSA) is 86.1 Å². The maximum absolute atomic E-state index is 13.0. The van der Waals surface area contributed by atoms with Crippen molar-refractivity contribution in [1.29, 1.82) is 0 Å². The lowest BCUT2D eigenvalue weighted by Crippen LogP contribution is -2.30. The minimum atomic E-state index is -1.05. The molecule has 31 heavy (non-hydrogen) atoms. The molecule has 0 radical (unpaired) electrons. The molecular formula is C22H22Cl2N4O3. The van der Waals surface area contributed by atoms with Gasteiger partial charge in [0, 0.05) is 17.7 Å². The lowest BCUT2D eigenvalue weighted by Gasteiger charge is -2.15. The van der Waals surface area contributed by atoms with Crippen LogP contribution in [0.15, 0.2) is 30.5 Å². The fourth-order valence-electron chi connectivity index (χ4n) is 3.28. The van der Waals surface area contributed by atoms with Crippen molar-refractivity contribution in [1.82, 2.24) is 14.8 Å². The number of esters is 1. The molecule has 7 nitrogen and oxygen atoms in total. The Morgan fingerprint density at radius 1 is 1.23 bits per heavy atom. The van der Waals surface area contributed by atoms with E-state index in [1.165, 1.54) is 6.92 Å². The van der Waals surface area contributed by atoms with E-state index in [2.05, 4.69) is 10.4 Å². The van der Waals surface area contributed by atoms with Crippen molar-refractivity contribution in [3.63, 3.8) is 0 Å². The summed E-state index contributed by atoms with van der Waals surface area (Å²) in [6.45, 7) is 5.51. The van der Waals surface area contributed by atoms with Gasteiger partial charge in [0.05, 0.1) is 32.9 Å². The van der Waals surface area contributed by atoms with Gasteiger partial charge >= 0.3 is 5.97 Å². The maximum Gasteiger partial charge on any atom is 0.339 e. The summed E-state index contributed by atoms with van der Waals surface area (Å²) in [6.07, 6.45) is 2.66. The average Bonchev–Trinajstić information content (AvgIpc) is 3.49. The van der Waals surface area contributed by atoms with E-state index in [0.717, 1.165) is 18.5 Å². The lowest BCUT2D eigenvalue weighted by atomic mass is 10.1. The molecule has 0 spiro atoms. The minimum absolute atomic E-state index is 0.0930. The highest BCUT2D eigenvalue weighted by atomic mass is 35.5. The van der Waals surface area contributed by atoms with Crippen LogP contribution >= 0.6 is 23.2 Å². The van der Waals surface area contributed by atoms with Crippen molar-refractivity contribution in [2.75, 3.05) is 5.32 Å². The molecule has 2 aromatic heterocycles. The molecule has 2 heterocycles. The van der Waals surface area contributed by atoms with E-state index < -0.39 is 18.0 Å². The van der Waals surface area contributed by atoms with Gasteiger partial charge in [-0.3, -0.25) is 4.79 Å². The monoisotopic (exact) mass is 460 g/mol. The van der Waals surface area contributed by atoms with Crippen LogP contribution in [0, 0.1) is 0 Å². The summed E-state index contributed by atoms with van der Waals surface area (Å²) in [5.74, 6) is -0.766. The number of carbonyl (C=O) groups is 2. The number of rotatable bonds is 6. The third-order valence-corrected chi connectivity index (χ3v) is 5.97. The van der Waals surface area contributed by atoms with Crippen LogP contribution in [0.25, 0.3) is 11.0 Å². The number of aromatic nitrogens is 3. The first-order valence-corrected chi connectivity index (χ1v) is 10.9. The van der Waals surface area contributed by atoms with Crippen molar-refractivity contribution >= 4 is 51.8 Å². The molecule has 1 unspecified atom stereocenters. The van der Waals surface area contributed by atoms with Crippen LogP contribution in [0.3, 0.4) is 0 Å². The SMILES string of the molecule is CC(OC(=O)c1cc(C2CC2)nc2c1cnn2C(C)C)C(=O)Nc1cccc(Cl)c1Cl. The third kappa shape index (κ3) is 4.38. The molecule has 0 bridgehead atoms. The number of halogens is 2. The Hall–Kier alpha value is -2.64. The van der Waals surface area contributed by atoms with Gasteiger partial charge in [0.15, 0.2) is 11.8 Å². The molecule has 0 saturated heterocycles. The molecular weight excluding hydrogens is 439 g/mol. The number of benzene rings is 1. The molecule has 162 valence electrons. The number of carbonyl (C=O) groups excluding carboxylic acids is 2. The fourth-order valence-corrected chi connectivity index (χ4v) is 3.63. The normalized spacial score (nSPS) is 14.6. The van der Waals surface area contributed by atoms with Gasteiger partial charge in [-0.15, -0.1) is 0 Å². The second-order valence-corrected chi connectivity index (χ2v) is 8.71. The summed E-state index contributed by atoms with van der Waals surface area (Å²) in [5.41, 5.74) is 2.21. The van der Waals surface area contributed by atoms with Crippen molar-refractivity contribution < 1.29 is 14.3 Å². The van der Waals surface area contributed by atoms with Crippen molar-refractivity contribution in [3.8, 4) is 0 Å². The van der Waals surface area contributed by atoms with E-state index in [4.69, 9.17) is 32.9 Å². The summed E-state index contributed by atoms with van der Waals surface area (Å²) in [7, 11) is 0. The number of anilines is 1. The van der Waals surface area contributed by atoms with Crippen molar-refractivity contribution in [2.45, 2.75) is 51.7 Å². The Morgan fingerprint density at radius 2 is 1.97 bits per heavy atom. The van der Waals surface area contributed by atoms with Gasteiger partial charge in [-0.05, 0) is 51.8 Å². The molecule has 1 saturated carbocycles. The largest absolute Gasteiger partial charge is 0.449 e. The Bertz CT molecular complexity index is 1170. The first kappa shape index (κ1) is 21.6. The molecule has 1 N–H and O–H groups in total. The summed E-state index contributed by atoms with van der Waals surface area (Å²) < 4.78 is 7.27. The summed E-state index contributed by atoms with van der Waals surface area (Å²) >= 11 is 12.1. The second-order valence-electron chi connectivity index (χ2n) is 7.93. The van der Waals surface area contributed by atoms with Crippen LogP contribution in [0.1, 0.15) is 61.6 Å².